The van der Waals surface area contributed by atoms with Crippen LogP contribution < -0.4 is 0 Å². The van der Waals surface area contributed by atoms with Gasteiger partial charge in [-0.3, -0.25) is 0 Å². The van der Waals surface area contributed by atoms with Gasteiger partial charge < -0.3 is 5.11 Å². The van der Waals surface area contributed by atoms with Gasteiger partial charge in [-0.15, -0.1) is 0 Å². The molecule has 1 aromatic carbocycles. The second-order valence-electron chi connectivity index (χ2n) is 5.00. The Morgan fingerprint density at radius 3 is 2.50 bits per heavy atom. The van der Waals surface area contributed by atoms with Gasteiger partial charge in [-0.2, -0.15) is 0 Å². The van der Waals surface area contributed by atoms with E-state index in [1.807, 2.05) is 13.8 Å². The summed E-state index contributed by atoms with van der Waals surface area (Å²) in [6, 6.07) is 6.88. The lowest BCUT2D eigenvalue weighted by molar-refractivity contribution is -0.0350. The Bertz CT molecular complexity index is 532. The van der Waals surface area contributed by atoms with Crippen molar-refractivity contribution in [2.45, 2.75) is 43.6 Å². The molecule has 0 fully saturated rings. The molecule has 1 aliphatic rings. The first-order valence-electron chi connectivity index (χ1n) is 6.50. The fraction of sp³-hybridized carbons (Fsp3) is 0.571. The number of sulfone groups is 1. The maximum Gasteiger partial charge on any atom is 0.178 e. The molecular weight excluding hydrogens is 248 g/mol. The Morgan fingerprint density at radius 1 is 1.28 bits per heavy atom. The van der Waals surface area contributed by atoms with Gasteiger partial charge in [0.1, 0.15) is 0 Å². The summed E-state index contributed by atoms with van der Waals surface area (Å²) in [7, 11) is -3.22. The lowest BCUT2D eigenvalue weighted by Crippen LogP contribution is -2.41. The molecule has 18 heavy (non-hydrogen) atoms. The molecule has 0 amide bonds. The maximum absolute atomic E-state index is 12.0. The zero-order valence-corrected chi connectivity index (χ0v) is 11.7. The summed E-state index contributed by atoms with van der Waals surface area (Å²) < 4.78 is 24.1. The van der Waals surface area contributed by atoms with Crippen LogP contribution in [0.15, 0.2) is 29.2 Å². The van der Waals surface area contributed by atoms with Gasteiger partial charge in [0.05, 0.1) is 16.2 Å². The summed E-state index contributed by atoms with van der Waals surface area (Å²) in [6.45, 7) is 4.08. The van der Waals surface area contributed by atoms with E-state index in [9.17, 15) is 13.5 Å². The van der Waals surface area contributed by atoms with Crippen LogP contribution in [0.25, 0.3) is 0 Å². The van der Waals surface area contributed by atoms with E-state index >= 15 is 0 Å². The van der Waals surface area contributed by atoms with Crippen molar-refractivity contribution in [3.8, 4) is 0 Å². The molecule has 1 N–H and O–H groups in total. The fourth-order valence-corrected chi connectivity index (χ4v) is 4.68. The van der Waals surface area contributed by atoms with Gasteiger partial charge in [0, 0.05) is 5.56 Å². The molecule has 0 saturated heterocycles. The molecule has 3 nitrogen and oxygen atoms in total. The van der Waals surface area contributed by atoms with Gasteiger partial charge >= 0.3 is 0 Å². The first-order chi connectivity index (χ1) is 8.45. The number of hydrogen-bond acceptors (Lipinski definition) is 3. The van der Waals surface area contributed by atoms with Crippen LogP contribution in [0.1, 0.15) is 38.7 Å². The Kier molecular flexibility index (Phi) is 3.52. The molecule has 0 radical (unpaired) electrons. The van der Waals surface area contributed by atoms with Crippen LogP contribution in [0.2, 0.25) is 0 Å². The summed E-state index contributed by atoms with van der Waals surface area (Å²) >= 11 is 0. The van der Waals surface area contributed by atoms with E-state index in [4.69, 9.17) is 0 Å². The molecule has 1 heterocycles. The van der Waals surface area contributed by atoms with Crippen LogP contribution in [0.3, 0.4) is 0 Å². The summed E-state index contributed by atoms with van der Waals surface area (Å²) in [5.74, 6) is 0.144. The molecule has 1 unspecified atom stereocenters. The summed E-state index contributed by atoms with van der Waals surface area (Å²) in [5.41, 5.74) is -0.407. The minimum atomic E-state index is -3.22. The van der Waals surface area contributed by atoms with E-state index in [-0.39, 0.29) is 11.7 Å². The zero-order valence-electron chi connectivity index (χ0n) is 10.9. The zero-order chi connectivity index (χ0) is 13.4. The molecule has 0 aliphatic carbocycles. The standard InChI is InChI=1S/C14H20O3S/c1-3-11(4-2)14(15)9-10-18(16,17)13-8-6-5-7-12(13)14/h5-8,11,15H,3-4,9-10H2,1-2H3. The minimum absolute atomic E-state index is 0.0387. The van der Waals surface area contributed by atoms with Crippen LogP contribution >= 0.6 is 0 Å². The maximum atomic E-state index is 12.0. The van der Waals surface area contributed by atoms with Gasteiger partial charge in [0.2, 0.25) is 0 Å². The van der Waals surface area contributed by atoms with Crippen LogP contribution in [0.4, 0.5) is 0 Å². The van der Waals surface area contributed by atoms with Crippen molar-refractivity contribution < 1.29 is 13.5 Å². The third-order valence-corrected chi connectivity index (χ3v) is 5.87. The number of hydrogen-bond donors (Lipinski definition) is 1. The van der Waals surface area contributed by atoms with E-state index in [0.29, 0.717) is 16.9 Å². The van der Waals surface area contributed by atoms with E-state index < -0.39 is 15.4 Å². The second-order valence-corrected chi connectivity index (χ2v) is 7.08. The molecule has 1 aromatic rings. The van der Waals surface area contributed by atoms with Crippen molar-refractivity contribution in [2.24, 2.45) is 5.92 Å². The first kappa shape index (κ1) is 13.6. The van der Waals surface area contributed by atoms with E-state index in [0.717, 1.165) is 12.8 Å². The van der Waals surface area contributed by atoms with E-state index in [1.165, 1.54) is 0 Å². The normalized spacial score (nSPS) is 26.0. The highest BCUT2D eigenvalue weighted by molar-refractivity contribution is 7.91. The molecule has 0 spiro atoms. The molecule has 2 rings (SSSR count). The predicted molar refractivity (Wildman–Crippen MR) is 71.1 cm³/mol. The summed E-state index contributed by atoms with van der Waals surface area (Å²) in [6.07, 6.45) is 2.00. The Hall–Kier alpha value is -0.870. The third-order valence-electron chi connectivity index (χ3n) is 4.10. The van der Waals surface area contributed by atoms with Crippen molar-refractivity contribution in [1.82, 2.24) is 0 Å². The number of rotatable bonds is 3. The largest absolute Gasteiger partial charge is 0.385 e. The predicted octanol–water partition coefficient (Wildman–Crippen LogP) is 2.49. The van der Waals surface area contributed by atoms with Crippen LogP contribution in [0, 0.1) is 5.92 Å². The van der Waals surface area contributed by atoms with Gasteiger partial charge in [0.15, 0.2) is 9.84 Å². The lowest BCUT2D eigenvalue weighted by atomic mass is 9.76. The van der Waals surface area contributed by atoms with Crippen molar-refractivity contribution in [2.75, 3.05) is 5.75 Å². The molecule has 100 valence electrons. The van der Waals surface area contributed by atoms with Crippen molar-refractivity contribution in [1.29, 1.82) is 0 Å². The first-order valence-corrected chi connectivity index (χ1v) is 8.15. The average Bonchev–Trinajstić information content (AvgIpc) is 2.37. The second kappa shape index (κ2) is 4.67. The SMILES string of the molecule is CCC(CC)C1(O)CCS(=O)(=O)c2ccccc21. The quantitative estimate of drug-likeness (QED) is 0.916. The van der Waals surface area contributed by atoms with E-state index in [2.05, 4.69) is 0 Å². The monoisotopic (exact) mass is 268 g/mol. The Labute approximate surface area is 109 Å². The molecular formula is C14H20O3S. The van der Waals surface area contributed by atoms with E-state index in [1.54, 1.807) is 24.3 Å². The van der Waals surface area contributed by atoms with Crippen LogP contribution in [-0.2, 0) is 15.4 Å². The molecule has 0 saturated carbocycles. The van der Waals surface area contributed by atoms with Crippen molar-refractivity contribution in [3.63, 3.8) is 0 Å². The van der Waals surface area contributed by atoms with Crippen molar-refractivity contribution in [3.05, 3.63) is 29.8 Å². The van der Waals surface area contributed by atoms with Gasteiger partial charge in [0.25, 0.3) is 0 Å². The number of aliphatic hydroxyl groups is 1. The van der Waals surface area contributed by atoms with Crippen molar-refractivity contribution >= 4 is 9.84 Å². The fourth-order valence-electron chi connectivity index (χ4n) is 3.02. The lowest BCUT2D eigenvalue weighted by Gasteiger charge is -2.40. The number of benzene rings is 1. The highest BCUT2D eigenvalue weighted by Crippen LogP contribution is 2.44. The highest BCUT2D eigenvalue weighted by Gasteiger charge is 2.44. The third kappa shape index (κ3) is 1.97. The molecule has 0 aromatic heterocycles. The smallest absolute Gasteiger partial charge is 0.178 e. The van der Waals surface area contributed by atoms with Crippen LogP contribution in [-0.4, -0.2) is 19.3 Å². The molecule has 1 atom stereocenters. The Balaban J connectivity index is 2.61. The molecule has 1 aliphatic heterocycles. The van der Waals surface area contributed by atoms with Gasteiger partial charge in [-0.1, -0.05) is 44.9 Å². The summed E-state index contributed by atoms with van der Waals surface area (Å²) in [4.78, 5) is 0.311. The Morgan fingerprint density at radius 2 is 1.89 bits per heavy atom. The highest BCUT2D eigenvalue weighted by atomic mass is 32.2. The minimum Gasteiger partial charge on any atom is -0.385 e. The molecule has 0 bridgehead atoms. The van der Waals surface area contributed by atoms with Gasteiger partial charge in [-0.05, 0) is 18.4 Å². The van der Waals surface area contributed by atoms with Crippen LogP contribution in [0.5, 0.6) is 0 Å². The topological polar surface area (TPSA) is 54.4 Å². The number of fused-ring (bicyclic) bond motifs is 1. The average molecular weight is 268 g/mol. The summed E-state index contributed by atoms with van der Waals surface area (Å²) in [5, 5.41) is 11.0. The molecule has 4 heteroatoms. The van der Waals surface area contributed by atoms with Gasteiger partial charge in [-0.25, -0.2) is 8.42 Å².